The Bertz CT molecular complexity index is 781. The molecule has 0 unspecified atom stereocenters. The summed E-state index contributed by atoms with van der Waals surface area (Å²) < 4.78 is 0. The van der Waals surface area contributed by atoms with Gasteiger partial charge in [0.1, 0.15) is 18.1 Å². The minimum absolute atomic E-state index is 0.0280. The van der Waals surface area contributed by atoms with E-state index in [1.807, 2.05) is 0 Å². The summed E-state index contributed by atoms with van der Waals surface area (Å²) in [6.07, 6.45) is -0.136. The Morgan fingerprint density at radius 2 is 1.76 bits per heavy atom. The highest BCUT2D eigenvalue weighted by molar-refractivity contribution is 5.95. The molecule has 1 aromatic carbocycles. The SMILES string of the molecule is O=C(O)CC[C@H](NC(=O)[C@@H]1CCC(=O)N1)C(=O)N[C@@H](Cc1ccccc1)C(=O)O. The largest absolute Gasteiger partial charge is 0.481 e. The molecule has 0 bridgehead atoms. The van der Waals surface area contributed by atoms with Gasteiger partial charge in [0.15, 0.2) is 0 Å². The van der Waals surface area contributed by atoms with Gasteiger partial charge in [-0.3, -0.25) is 19.2 Å². The molecule has 3 atom stereocenters. The van der Waals surface area contributed by atoms with E-state index in [2.05, 4.69) is 16.0 Å². The van der Waals surface area contributed by atoms with E-state index in [0.717, 1.165) is 0 Å². The lowest BCUT2D eigenvalue weighted by atomic mass is 10.0. The molecule has 1 aliphatic heterocycles. The topological polar surface area (TPSA) is 162 Å². The van der Waals surface area contributed by atoms with Gasteiger partial charge in [-0.05, 0) is 18.4 Å². The van der Waals surface area contributed by atoms with Crippen molar-refractivity contribution in [2.24, 2.45) is 0 Å². The second-order valence-electron chi connectivity index (χ2n) is 6.74. The minimum Gasteiger partial charge on any atom is -0.481 e. The quantitative estimate of drug-likeness (QED) is 0.348. The molecule has 1 heterocycles. The Balaban J connectivity index is 2.05. The number of nitrogens with one attached hydrogen (secondary N) is 3. The van der Waals surface area contributed by atoms with Crippen molar-refractivity contribution in [2.75, 3.05) is 0 Å². The molecular weight excluding hydrogens is 382 g/mol. The van der Waals surface area contributed by atoms with Crippen LogP contribution in [-0.2, 0) is 30.4 Å². The van der Waals surface area contributed by atoms with Gasteiger partial charge in [-0.25, -0.2) is 4.79 Å². The molecule has 1 saturated heterocycles. The van der Waals surface area contributed by atoms with Gasteiger partial charge in [0, 0.05) is 19.3 Å². The molecular formula is C19H23N3O7. The number of amides is 3. The highest BCUT2D eigenvalue weighted by atomic mass is 16.4. The minimum atomic E-state index is -1.26. The third-order valence-corrected chi connectivity index (χ3v) is 4.49. The van der Waals surface area contributed by atoms with Gasteiger partial charge < -0.3 is 26.2 Å². The molecule has 2 rings (SSSR count). The number of aliphatic carboxylic acids is 2. The summed E-state index contributed by atoms with van der Waals surface area (Å²) >= 11 is 0. The van der Waals surface area contributed by atoms with Crippen molar-refractivity contribution in [3.8, 4) is 0 Å². The zero-order valence-electron chi connectivity index (χ0n) is 15.6. The van der Waals surface area contributed by atoms with E-state index in [0.29, 0.717) is 5.56 Å². The molecule has 156 valence electrons. The maximum absolute atomic E-state index is 12.6. The summed E-state index contributed by atoms with van der Waals surface area (Å²) in [4.78, 5) is 58.6. The summed E-state index contributed by atoms with van der Waals surface area (Å²) in [6, 6.07) is 5.39. The van der Waals surface area contributed by atoms with Crippen LogP contribution in [0.25, 0.3) is 0 Å². The number of benzene rings is 1. The van der Waals surface area contributed by atoms with Gasteiger partial charge in [-0.15, -0.1) is 0 Å². The normalized spacial score (nSPS) is 17.7. The second kappa shape index (κ2) is 10.2. The van der Waals surface area contributed by atoms with Crippen LogP contribution in [0.2, 0.25) is 0 Å². The van der Waals surface area contributed by atoms with Gasteiger partial charge in [0.05, 0.1) is 0 Å². The average molecular weight is 405 g/mol. The molecule has 5 N–H and O–H groups in total. The van der Waals surface area contributed by atoms with E-state index in [1.165, 1.54) is 0 Å². The van der Waals surface area contributed by atoms with E-state index in [9.17, 15) is 29.1 Å². The lowest BCUT2D eigenvalue weighted by molar-refractivity contribution is -0.143. The maximum atomic E-state index is 12.6. The summed E-state index contributed by atoms with van der Waals surface area (Å²) in [6.45, 7) is 0. The van der Waals surface area contributed by atoms with Crippen molar-refractivity contribution in [2.45, 2.75) is 50.2 Å². The Hall–Kier alpha value is -3.43. The van der Waals surface area contributed by atoms with Gasteiger partial charge in [-0.2, -0.15) is 0 Å². The molecule has 0 radical (unpaired) electrons. The van der Waals surface area contributed by atoms with Crippen molar-refractivity contribution in [1.29, 1.82) is 0 Å². The van der Waals surface area contributed by atoms with E-state index >= 15 is 0 Å². The second-order valence-corrected chi connectivity index (χ2v) is 6.74. The summed E-state index contributed by atoms with van der Waals surface area (Å²) in [7, 11) is 0. The molecule has 29 heavy (non-hydrogen) atoms. The molecule has 1 fully saturated rings. The van der Waals surface area contributed by atoms with Crippen LogP contribution in [-0.4, -0.2) is 58.0 Å². The number of carbonyl (C=O) groups excluding carboxylic acids is 3. The third-order valence-electron chi connectivity index (χ3n) is 4.49. The van der Waals surface area contributed by atoms with E-state index < -0.39 is 48.3 Å². The number of carboxylic acids is 2. The molecule has 0 saturated carbocycles. The zero-order valence-corrected chi connectivity index (χ0v) is 15.6. The van der Waals surface area contributed by atoms with Crippen molar-refractivity contribution >= 4 is 29.7 Å². The van der Waals surface area contributed by atoms with E-state index in [-0.39, 0.29) is 31.6 Å². The Morgan fingerprint density at radius 1 is 1.07 bits per heavy atom. The fourth-order valence-corrected chi connectivity index (χ4v) is 2.94. The first-order valence-corrected chi connectivity index (χ1v) is 9.15. The Kier molecular flexibility index (Phi) is 7.70. The first kappa shape index (κ1) is 21.9. The molecule has 10 heteroatoms. The molecule has 10 nitrogen and oxygen atoms in total. The van der Waals surface area contributed by atoms with Crippen LogP contribution in [0.15, 0.2) is 30.3 Å². The number of hydrogen-bond acceptors (Lipinski definition) is 5. The van der Waals surface area contributed by atoms with Crippen LogP contribution in [0, 0.1) is 0 Å². The standard InChI is InChI=1S/C19H23N3O7/c23-15-8-6-12(20-15)17(26)21-13(7-9-16(24)25)18(27)22-14(19(28)29)10-11-4-2-1-3-5-11/h1-5,12-14H,6-10H2,(H,20,23)(H,21,26)(H,22,27)(H,24,25)(H,28,29)/t12-,13-,14-/m0/s1. The van der Waals surface area contributed by atoms with Gasteiger partial charge in [0.25, 0.3) is 0 Å². The van der Waals surface area contributed by atoms with Crippen LogP contribution in [0.1, 0.15) is 31.2 Å². The van der Waals surface area contributed by atoms with Crippen molar-refractivity contribution in [3.05, 3.63) is 35.9 Å². The number of rotatable bonds is 10. The number of hydrogen-bond donors (Lipinski definition) is 5. The van der Waals surface area contributed by atoms with Crippen LogP contribution in [0.3, 0.4) is 0 Å². The molecule has 0 spiro atoms. The average Bonchev–Trinajstić information content (AvgIpc) is 3.11. The van der Waals surface area contributed by atoms with Gasteiger partial charge in [-0.1, -0.05) is 30.3 Å². The van der Waals surface area contributed by atoms with Crippen LogP contribution in [0.5, 0.6) is 0 Å². The highest BCUT2D eigenvalue weighted by Gasteiger charge is 2.32. The van der Waals surface area contributed by atoms with Gasteiger partial charge >= 0.3 is 11.9 Å². The number of carboxylic acid groups (broad SMARTS) is 2. The van der Waals surface area contributed by atoms with Crippen molar-refractivity contribution < 1.29 is 34.2 Å². The van der Waals surface area contributed by atoms with E-state index in [1.54, 1.807) is 30.3 Å². The Labute approximate surface area is 166 Å². The zero-order chi connectivity index (χ0) is 21.4. The van der Waals surface area contributed by atoms with Crippen LogP contribution >= 0.6 is 0 Å². The molecule has 1 aliphatic rings. The van der Waals surface area contributed by atoms with Crippen molar-refractivity contribution in [3.63, 3.8) is 0 Å². The molecule has 0 aliphatic carbocycles. The fourth-order valence-electron chi connectivity index (χ4n) is 2.94. The number of carbonyl (C=O) groups is 5. The maximum Gasteiger partial charge on any atom is 0.326 e. The Morgan fingerprint density at radius 3 is 2.31 bits per heavy atom. The van der Waals surface area contributed by atoms with E-state index in [4.69, 9.17) is 5.11 Å². The first-order chi connectivity index (χ1) is 13.8. The van der Waals surface area contributed by atoms with Crippen LogP contribution < -0.4 is 16.0 Å². The predicted octanol–water partition coefficient (Wildman–Crippen LogP) is -0.573. The lowest BCUT2D eigenvalue weighted by Crippen LogP contribution is -2.55. The lowest BCUT2D eigenvalue weighted by Gasteiger charge is -2.22. The molecule has 1 aromatic rings. The first-order valence-electron chi connectivity index (χ1n) is 9.15. The predicted molar refractivity (Wildman–Crippen MR) is 99.7 cm³/mol. The van der Waals surface area contributed by atoms with Crippen molar-refractivity contribution in [1.82, 2.24) is 16.0 Å². The highest BCUT2D eigenvalue weighted by Crippen LogP contribution is 2.09. The van der Waals surface area contributed by atoms with Crippen LogP contribution in [0.4, 0.5) is 0 Å². The fraction of sp³-hybridized carbons (Fsp3) is 0.421. The summed E-state index contributed by atoms with van der Waals surface area (Å²) in [5.74, 6) is -4.12. The summed E-state index contributed by atoms with van der Waals surface area (Å²) in [5, 5.41) is 25.6. The monoisotopic (exact) mass is 405 g/mol. The summed E-state index contributed by atoms with van der Waals surface area (Å²) in [5.41, 5.74) is 0.694. The molecule has 0 aromatic heterocycles. The smallest absolute Gasteiger partial charge is 0.326 e. The third kappa shape index (κ3) is 6.91. The van der Waals surface area contributed by atoms with Gasteiger partial charge in [0.2, 0.25) is 17.7 Å². The molecule has 3 amide bonds.